The minimum absolute atomic E-state index is 0.133. The number of ether oxygens (including phenoxy) is 1. The van der Waals surface area contributed by atoms with Gasteiger partial charge in [0.05, 0.1) is 23.6 Å². The van der Waals surface area contributed by atoms with Crippen molar-refractivity contribution in [1.82, 2.24) is 9.38 Å². The van der Waals surface area contributed by atoms with E-state index in [0.717, 1.165) is 22.6 Å². The van der Waals surface area contributed by atoms with E-state index in [4.69, 9.17) is 9.72 Å². The SMILES string of the molecule is CCOC(=O)c1cccc(NC(=O)CCc2c(-c3ccc(C)cc3)nc3ccccn23)c1. The number of anilines is 1. The molecule has 0 saturated heterocycles. The Labute approximate surface area is 186 Å². The van der Waals surface area contributed by atoms with Crippen molar-refractivity contribution in [3.05, 3.63) is 89.7 Å². The standard InChI is InChI=1S/C26H25N3O3/c1-3-32-26(31)20-7-6-8-21(17-20)27-24(30)15-14-22-25(19-12-10-18(2)11-13-19)28-23-9-4-5-16-29(22)23/h4-13,16-17H,3,14-15H2,1-2H3,(H,27,30). The Morgan fingerprint density at radius 3 is 2.62 bits per heavy atom. The van der Waals surface area contributed by atoms with Gasteiger partial charge in [-0.1, -0.05) is 42.0 Å². The Morgan fingerprint density at radius 1 is 1.03 bits per heavy atom. The van der Waals surface area contributed by atoms with Crippen molar-refractivity contribution in [3.63, 3.8) is 0 Å². The highest BCUT2D eigenvalue weighted by atomic mass is 16.5. The largest absolute Gasteiger partial charge is 0.462 e. The van der Waals surface area contributed by atoms with Gasteiger partial charge < -0.3 is 14.5 Å². The van der Waals surface area contributed by atoms with Crippen LogP contribution in [0.25, 0.3) is 16.9 Å². The van der Waals surface area contributed by atoms with E-state index in [2.05, 4.69) is 36.5 Å². The molecule has 0 saturated carbocycles. The summed E-state index contributed by atoms with van der Waals surface area (Å²) >= 11 is 0. The number of esters is 1. The molecule has 0 aliphatic rings. The van der Waals surface area contributed by atoms with Gasteiger partial charge in [0.1, 0.15) is 5.65 Å². The average Bonchev–Trinajstić information content (AvgIpc) is 3.17. The molecule has 0 unspecified atom stereocenters. The maximum atomic E-state index is 12.7. The summed E-state index contributed by atoms with van der Waals surface area (Å²) < 4.78 is 7.06. The van der Waals surface area contributed by atoms with Crippen LogP contribution in [0.1, 0.15) is 35.0 Å². The number of pyridine rings is 1. The van der Waals surface area contributed by atoms with Crippen LogP contribution in [0.3, 0.4) is 0 Å². The summed E-state index contributed by atoms with van der Waals surface area (Å²) in [6.45, 7) is 4.11. The van der Waals surface area contributed by atoms with Crippen molar-refractivity contribution in [1.29, 1.82) is 0 Å². The molecule has 6 nitrogen and oxygen atoms in total. The third kappa shape index (κ3) is 4.70. The highest BCUT2D eigenvalue weighted by Gasteiger charge is 2.16. The van der Waals surface area contributed by atoms with Crippen LogP contribution in [-0.2, 0) is 16.0 Å². The van der Waals surface area contributed by atoms with Crippen molar-refractivity contribution >= 4 is 23.2 Å². The van der Waals surface area contributed by atoms with Crippen LogP contribution < -0.4 is 5.32 Å². The molecule has 0 aliphatic heterocycles. The Bertz CT molecular complexity index is 1260. The van der Waals surface area contributed by atoms with E-state index in [1.807, 2.05) is 28.8 Å². The Morgan fingerprint density at radius 2 is 1.84 bits per heavy atom. The van der Waals surface area contributed by atoms with Gasteiger partial charge in [0.15, 0.2) is 0 Å². The van der Waals surface area contributed by atoms with Crippen LogP contribution in [0.2, 0.25) is 0 Å². The molecular formula is C26H25N3O3. The number of amides is 1. The fourth-order valence-corrected chi connectivity index (χ4v) is 3.62. The van der Waals surface area contributed by atoms with E-state index in [9.17, 15) is 9.59 Å². The van der Waals surface area contributed by atoms with Crippen LogP contribution in [0.5, 0.6) is 0 Å². The first-order valence-corrected chi connectivity index (χ1v) is 10.6. The number of hydrogen-bond donors (Lipinski definition) is 1. The predicted octanol–water partition coefficient (Wildman–Crippen LogP) is 5.06. The van der Waals surface area contributed by atoms with Crippen LogP contribution in [-0.4, -0.2) is 27.9 Å². The van der Waals surface area contributed by atoms with Crippen molar-refractivity contribution in [3.8, 4) is 11.3 Å². The minimum atomic E-state index is -0.405. The number of benzene rings is 2. The van der Waals surface area contributed by atoms with Gasteiger partial charge in [0.25, 0.3) is 0 Å². The lowest BCUT2D eigenvalue weighted by molar-refractivity contribution is -0.116. The van der Waals surface area contributed by atoms with Crippen molar-refractivity contribution in [2.45, 2.75) is 26.7 Å². The third-order valence-electron chi connectivity index (χ3n) is 5.20. The zero-order valence-electron chi connectivity index (χ0n) is 18.2. The highest BCUT2D eigenvalue weighted by Crippen LogP contribution is 2.26. The molecule has 0 atom stereocenters. The normalized spacial score (nSPS) is 10.8. The molecule has 162 valence electrons. The van der Waals surface area contributed by atoms with E-state index in [1.54, 1.807) is 31.2 Å². The van der Waals surface area contributed by atoms with Gasteiger partial charge in [0, 0.05) is 23.9 Å². The maximum Gasteiger partial charge on any atom is 0.338 e. The van der Waals surface area contributed by atoms with E-state index in [-0.39, 0.29) is 12.3 Å². The maximum absolute atomic E-state index is 12.7. The fourth-order valence-electron chi connectivity index (χ4n) is 3.62. The molecule has 6 heteroatoms. The Kier molecular flexibility index (Phi) is 6.31. The number of carbonyl (C=O) groups excluding carboxylic acids is 2. The summed E-state index contributed by atoms with van der Waals surface area (Å²) in [6, 6.07) is 20.9. The van der Waals surface area contributed by atoms with Crippen molar-refractivity contribution in [2.24, 2.45) is 0 Å². The molecule has 0 spiro atoms. The lowest BCUT2D eigenvalue weighted by Gasteiger charge is -2.09. The second-order valence-electron chi connectivity index (χ2n) is 7.55. The highest BCUT2D eigenvalue weighted by molar-refractivity contribution is 5.94. The van der Waals surface area contributed by atoms with Gasteiger partial charge in [0.2, 0.25) is 5.91 Å². The van der Waals surface area contributed by atoms with Crippen LogP contribution in [0, 0.1) is 6.92 Å². The van der Waals surface area contributed by atoms with Crippen LogP contribution in [0.15, 0.2) is 72.9 Å². The van der Waals surface area contributed by atoms with E-state index in [1.165, 1.54) is 5.56 Å². The van der Waals surface area contributed by atoms with Crippen molar-refractivity contribution in [2.75, 3.05) is 11.9 Å². The molecule has 0 aliphatic carbocycles. The van der Waals surface area contributed by atoms with Gasteiger partial charge in [-0.05, 0) is 50.6 Å². The summed E-state index contributed by atoms with van der Waals surface area (Å²) in [4.78, 5) is 29.4. The Balaban J connectivity index is 1.52. The first-order chi connectivity index (χ1) is 15.5. The minimum Gasteiger partial charge on any atom is -0.462 e. The van der Waals surface area contributed by atoms with E-state index in [0.29, 0.717) is 24.3 Å². The number of rotatable bonds is 7. The number of fused-ring (bicyclic) bond motifs is 1. The Hall–Kier alpha value is -3.93. The van der Waals surface area contributed by atoms with Crippen molar-refractivity contribution < 1.29 is 14.3 Å². The molecule has 2 heterocycles. The molecule has 32 heavy (non-hydrogen) atoms. The fraction of sp³-hybridized carbons (Fsp3) is 0.192. The number of imidazole rings is 1. The monoisotopic (exact) mass is 427 g/mol. The number of nitrogens with one attached hydrogen (secondary N) is 1. The van der Waals surface area contributed by atoms with Gasteiger partial charge >= 0.3 is 5.97 Å². The lowest BCUT2D eigenvalue weighted by Crippen LogP contribution is -2.14. The zero-order chi connectivity index (χ0) is 22.5. The van der Waals surface area contributed by atoms with Gasteiger partial charge in [-0.25, -0.2) is 9.78 Å². The number of carbonyl (C=O) groups is 2. The smallest absolute Gasteiger partial charge is 0.338 e. The van der Waals surface area contributed by atoms with Crippen LogP contribution in [0.4, 0.5) is 5.69 Å². The predicted molar refractivity (Wildman–Crippen MR) is 125 cm³/mol. The molecule has 1 amide bonds. The summed E-state index contributed by atoms with van der Waals surface area (Å²) in [5, 5.41) is 2.88. The summed E-state index contributed by atoms with van der Waals surface area (Å²) in [5.41, 5.74) is 5.90. The number of aromatic nitrogens is 2. The number of hydrogen-bond acceptors (Lipinski definition) is 4. The quantitative estimate of drug-likeness (QED) is 0.419. The summed E-state index contributed by atoms with van der Waals surface area (Å²) in [7, 11) is 0. The zero-order valence-corrected chi connectivity index (χ0v) is 18.2. The summed E-state index contributed by atoms with van der Waals surface area (Å²) in [5.74, 6) is -0.538. The number of aryl methyl sites for hydroxylation is 2. The van der Waals surface area contributed by atoms with E-state index < -0.39 is 5.97 Å². The van der Waals surface area contributed by atoms with E-state index >= 15 is 0 Å². The van der Waals surface area contributed by atoms with Gasteiger partial charge in [-0.2, -0.15) is 0 Å². The molecule has 4 rings (SSSR count). The first kappa shape index (κ1) is 21.3. The molecule has 2 aromatic heterocycles. The van der Waals surface area contributed by atoms with Gasteiger partial charge in [-0.15, -0.1) is 0 Å². The molecule has 1 N–H and O–H groups in total. The second-order valence-corrected chi connectivity index (χ2v) is 7.55. The van der Waals surface area contributed by atoms with Crippen LogP contribution >= 0.6 is 0 Å². The topological polar surface area (TPSA) is 72.7 Å². The average molecular weight is 428 g/mol. The first-order valence-electron chi connectivity index (χ1n) is 10.6. The molecule has 0 radical (unpaired) electrons. The molecule has 2 aromatic carbocycles. The molecule has 4 aromatic rings. The second kappa shape index (κ2) is 9.47. The molecular weight excluding hydrogens is 402 g/mol. The molecule has 0 bridgehead atoms. The summed E-state index contributed by atoms with van der Waals surface area (Å²) in [6.07, 6.45) is 2.78. The molecule has 0 fully saturated rings. The third-order valence-corrected chi connectivity index (χ3v) is 5.20. The van der Waals surface area contributed by atoms with Gasteiger partial charge in [-0.3, -0.25) is 4.79 Å². The number of nitrogens with zero attached hydrogens (tertiary/aromatic N) is 2. The lowest BCUT2D eigenvalue weighted by atomic mass is 10.1.